The number of halogens is 12. The Morgan fingerprint density at radius 3 is 0.893 bits per heavy atom. The molecule has 0 aliphatic heterocycles. The van der Waals surface area contributed by atoms with E-state index in [0.29, 0.717) is 0 Å². The summed E-state index contributed by atoms with van der Waals surface area (Å²) in [4.78, 5) is 0. The predicted octanol–water partition coefficient (Wildman–Crippen LogP) is 7.87. The first kappa shape index (κ1) is 25.3. The highest BCUT2D eigenvalue weighted by Gasteiger charge is 2.51. The van der Waals surface area contributed by atoms with Crippen LogP contribution >= 0.6 is 0 Å². The largest absolute Gasteiger partial charge is 0.263 e. The van der Waals surface area contributed by atoms with Gasteiger partial charge in [0.15, 0.2) is 0 Å². The Morgan fingerprint density at radius 1 is 0.429 bits per heavy atom. The van der Waals surface area contributed by atoms with Crippen LogP contribution in [-0.4, -0.2) is 6.15 Å². The number of hydrogen-bond donors (Lipinski definition) is 0. The Bertz CT molecular complexity index is 649. The van der Waals surface area contributed by atoms with E-state index in [1.165, 1.54) is 0 Å². The summed E-state index contributed by atoms with van der Waals surface area (Å²) in [5, 5.41) is 0. The third kappa shape index (κ3) is 5.89. The highest BCUT2D eigenvalue weighted by atomic mass is 19.3. The van der Waals surface area contributed by atoms with Gasteiger partial charge in [-0.3, -0.25) is 17.6 Å². The second kappa shape index (κ2) is 11.2. The summed E-state index contributed by atoms with van der Waals surface area (Å²) in [6.45, 7) is 0. The average Bonchev–Trinajstić information content (AvgIpc) is 2.94. The molecule has 0 heterocycles. The zero-order chi connectivity index (χ0) is 22.1. The second-order valence-corrected chi connectivity index (χ2v) is 4.65. The smallest absolute Gasteiger partial charge is 0.251 e. The van der Waals surface area contributed by atoms with Crippen molar-refractivity contribution in [1.82, 2.24) is 0 Å². The Balaban J connectivity index is 0.000000861. The van der Waals surface area contributed by atoms with Crippen LogP contribution in [-0.2, 0) is 0 Å². The van der Waals surface area contributed by atoms with Gasteiger partial charge < -0.3 is 0 Å². The molecule has 0 aliphatic carbocycles. The molecule has 0 amide bonds. The van der Waals surface area contributed by atoms with Gasteiger partial charge in [0.2, 0.25) is 0 Å². The van der Waals surface area contributed by atoms with Gasteiger partial charge in [-0.25, -0.2) is 0 Å². The third-order valence-electron chi connectivity index (χ3n) is 3.02. The number of rotatable bonds is 4. The molecule has 0 saturated carbocycles. The molecule has 0 N–H and O–H groups in total. The van der Waals surface area contributed by atoms with Crippen molar-refractivity contribution in [3.05, 3.63) is 89.7 Å². The van der Waals surface area contributed by atoms with E-state index < -0.39 is 53.4 Å². The van der Waals surface area contributed by atoms with Gasteiger partial charge in [-0.15, -0.1) is 0 Å². The Labute approximate surface area is 149 Å². The zero-order valence-corrected chi connectivity index (χ0v) is 13.2. The lowest BCUT2D eigenvalue weighted by Gasteiger charge is -2.32. The van der Waals surface area contributed by atoms with Crippen molar-refractivity contribution in [1.29, 1.82) is 0 Å². The van der Waals surface area contributed by atoms with Crippen molar-refractivity contribution in [3.63, 3.8) is 0 Å². The molecule has 0 aromatic heterocycles. The van der Waals surface area contributed by atoms with Crippen LogP contribution in [0.5, 0.6) is 0 Å². The van der Waals surface area contributed by atoms with Gasteiger partial charge in [0.05, 0.1) is 0 Å². The van der Waals surface area contributed by atoms with Gasteiger partial charge in [0.1, 0.15) is 0 Å². The van der Waals surface area contributed by atoms with Crippen LogP contribution < -0.4 is 0 Å². The summed E-state index contributed by atoms with van der Waals surface area (Å²) >= 11 is 0. The monoisotopic (exact) mass is 426 g/mol. The van der Waals surface area contributed by atoms with E-state index >= 15 is 0 Å². The highest BCUT2D eigenvalue weighted by Crippen LogP contribution is 2.46. The van der Waals surface area contributed by atoms with Gasteiger partial charge in [-0.1, -0.05) is 0 Å². The van der Waals surface area contributed by atoms with Crippen LogP contribution in [0.4, 0.5) is 52.7 Å². The fourth-order valence-electron chi connectivity index (χ4n) is 1.77. The molecule has 0 unspecified atom stereocenters. The molecule has 13 heteroatoms. The minimum Gasteiger partial charge on any atom is -0.251 e. The molecule has 154 valence electrons. The summed E-state index contributed by atoms with van der Waals surface area (Å²) < 4.78 is 148. The van der Waals surface area contributed by atoms with Crippen LogP contribution in [0.25, 0.3) is 0 Å². The third-order valence-corrected chi connectivity index (χ3v) is 3.02. The summed E-state index contributed by atoms with van der Waals surface area (Å²) in [5.74, 6) is 0. The van der Waals surface area contributed by atoms with Crippen LogP contribution in [0.2, 0.25) is 0 Å². The first-order valence-corrected chi connectivity index (χ1v) is 6.76. The topological polar surface area (TPSA) is 0 Å². The molecule has 0 nitrogen and oxygen atoms in total. The van der Waals surface area contributed by atoms with Crippen molar-refractivity contribution < 1.29 is 52.7 Å². The normalized spacial score (nSPS) is 10.1. The number of hydrogen-bond acceptors (Lipinski definition) is 0. The minimum absolute atomic E-state index is 2.00. The van der Waals surface area contributed by atoms with E-state index in [-0.39, 0.29) is 0 Å². The van der Waals surface area contributed by atoms with Crippen molar-refractivity contribution >= 4 is 6.15 Å². The quantitative estimate of drug-likeness (QED) is 0.261. The lowest BCUT2D eigenvalue weighted by atomic mass is 9.21. The molecule has 0 atom stereocenters. The zero-order valence-electron chi connectivity index (χ0n) is 13.2. The maximum Gasteiger partial charge on any atom is 0.263 e. The van der Waals surface area contributed by atoms with Crippen molar-refractivity contribution in [3.8, 4) is 0 Å². The lowest BCUT2D eigenvalue weighted by Crippen LogP contribution is -2.42. The second-order valence-electron chi connectivity index (χ2n) is 4.65. The van der Waals surface area contributed by atoms with Crippen molar-refractivity contribution in [2.45, 2.75) is 0 Å². The fourth-order valence-corrected chi connectivity index (χ4v) is 1.77. The molecule has 28 heavy (non-hydrogen) atoms. The van der Waals surface area contributed by atoms with Gasteiger partial charge in [-0.05, 0) is 0 Å². The molecule has 1 rings (SSSR count). The van der Waals surface area contributed by atoms with Gasteiger partial charge in [0.25, 0.3) is 30.5 Å². The summed E-state index contributed by atoms with van der Waals surface area (Å²) in [5.41, 5.74) is -15.5. The van der Waals surface area contributed by atoms with E-state index in [0.717, 1.165) is 0 Å². The SMILES string of the molecule is FC(F)=C(F)[B-](C(F)=C(F)F)(C(F)=C(F)F)C(F)=C(F)F.c1ccc[cH+]cc1. The first-order chi connectivity index (χ1) is 12.9. The molecular formula is C15H7BF12. The summed E-state index contributed by atoms with van der Waals surface area (Å²) in [7, 11) is 0. The van der Waals surface area contributed by atoms with Crippen LogP contribution in [0.3, 0.4) is 0 Å². The highest BCUT2D eigenvalue weighted by molar-refractivity contribution is 7.02. The van der Waals surface area contributed by atoms with E-state index in [9.17, 15) is 52.7 Å². The Kier molecular flexibility index (Phi) is 10.1. The van der Waals surface area contributed by atoms with E-state index in [2.05, 4.69) is 0 Å². The summed E-state index contributed by atoms with van der Waals surface area (Å²) in [6, 6.07) is 14.0. The van der Waals surface area contributed by atoms with Crippen molar-refractivity contribution in [2.75, 3.05) is 0 Å². The Hall–Kier alpha value is -2.73. The van der Waals surface area contributed by atoms with E-state index in [1.807, 2.05) is 42.5 Å². The average molecular weight is 426 g/mol. The van der Waals surface area contributed by atoms with Crippen LogP contribution in [0.1, 0.15) is 0 Å². The molecular weight excluding hydrogens is 419 g/mol. The Morgan fingerprint density at radius 2 is 0.679 bits per heavy atom. The maximum atomic E-state index is 13.0. The molecule has 1 aromatic rings. The molecule has 0 fully saturated rings. The van der Waals surface area contributed by atoms with Crippen molar-refractivity contribution in [2.24, 2.45) is 0 Å². The summed E-state index contributed by atoms with van der Waals surface area (Å²) in [6.07, 6.45) is -22.4. The fraction of sp³-hybridized carbons (Fsp3) is 0. The molecule has 0 saturated heterocycles. The van der Waals surface area contributed by atoms with Gasteiger partial charge in [0, 0.05) is 65.4 Å². The van der Waals surface area contributed by atoms with Gasteiger partial charge in [-0.2, -0.15) is 35.1 Å². The minimum atomic E-state index is -6.57. The molecule has 0 radical (unpaired) electrons. The van der Waals surface area contributed by atoms with E-state index in [4.69, 9.17) is 0 Å². The van der Waals surface area contributed by atoms with E-state index in [1.54, 1.807) is 0 Å². The molecule has 0 bridgehead atoms. The molecule has 0 spiro atoms. The molecule has 0 aliphatic rings. The first-order valence-electron chi connectivity index (χ1n) is 6.76. The predicted molar refractivity (Wildman–Crippen MR) is 78.0 cm³/mol. The molecule has 1 aromatic carbocycles. The van der Waals surface area contributed by atoms with Crippen LogP contribution in [0.15, 0.2) is 89.7 Å². The maximum absolute atomic E-state index is 13.0. The van der Waals surface area contributed by atoms with Gasteiger partial charge >= 0.3 is 0 Å². The van der Waals surface area contributed by atoms with Crippen LogP contribution in [0, 0.1) is 0 Å². The standard InChI is InChI=1S/C8BF12.C7H7/c10-1(5(14)15)9(2(11)6(16)17,3(12)7(18)19)4(13)8(20)21;1-2-4-6-7-5-3-1/h;1-7H/q-1;+1. The lowest BCUT2D eigenvalue weighted by molar-refractivity contribution is 0.364.